The van der Waals surface area contributed by atoms with Crippen LogP contribution in [0.5, 0.6) is 0 Å². The summed E-state index contributed by atoms with van der Waals surface area (Å²) in [5, 5.41) is 8.10. The molecule has 0 bridgehead atoms. The van der Waals surface area contributed by atoms with Gasteiger partial charge in [0.05, 0.1) is 5.92 Å². The standard InChI is InChI=1S/C7H11N3O2/c11-6-4-3-8-2-1-5(4)9-7(12)10-6/h4-5,8H,1-3H2,(H2,9,10,11,12)/t4-,5-/m1/s1. The normalized spacial score (nSPS) is 35.0. The molecule has 2 aliphatic rings. The van der Waals surface area contributed by atoms with Crippen molar-refractivity contribution in [2.75, 3.05) is 13.1 Å². The molecule has 0 aromatic heterocycles. The molecule has 3 amide bonds. The van der Waals surface area contributed by atoms with Gasteiger partial charge in [-0.2, -0.15) is 0 Å². The quantitative estimate of drug-likeness (QED) is 0.427. The summed E-state index contributed by atoms with van der Waals surface area (Å²) in [5.41, 5.74) is 0. The van der Waals surface area contributed by atoms with Crippen molar-refractivity contribution in [3.63, 3.8) is 0 Å². The van der Waals surface area contributed by atoms with Crippen LogP contribution in [-0.2, 0) is 4.79 Å². The zero-order valence-corrected chi connectivity index (χ0v) is 6.59. The van der Waals surface area contributed by atoms with E-state index in [2.05, 4.69) is 16.0 Å². The number of carbonyl (C=O) groups is 2. The molecule has 2 heterocycles. The van der Waals surface area contributed by atoms with Crippen LogP contribution in [0.2, 0.25) is 0 Å². The number of hydrogen-bond donors (Lipinski definition) is 3. The highest BCUT2D eigenvalue weighted by molar-refractivity contribution is 5.98. The third-order valence-corrected chi connectivity index (χ3v) is 2.37. The minimum atomic E-state index is -0.358. The summed E-state index contributed by atoms with van der Waals surface area (Å²) in [6, 6.07) is -0.323. The predicted octanol–water partition coefficient (Wildman–Crippen LogP) is -1.20. The molecule has 2 fully saturated rings. The maximum atomic E-state index is 11.2. The van der Waals surface area contributed by atoms with Gasteiger partial charge in [0.1, 0.15) is 0 Å². The number of imide groups is 1. The average molecular weight is 169 g/mol. The molecule has 2 rings (SSSR count). The highest BCUT2D eigenvalue weighted by atomic mass is 16.2. The topological polar surface area (TPSA) is 70.2 Å². The van der Waals surface area contributed by atoms with E-state index >= 15 is 0 Å². The van der Waals surface area contributed by atoms with Crippen LogP contribution in [-0.4, -0.2) is 31.1 Å². The molecule has 5 nitrogen and oxygen atoms in total. The van der Waals surface area contributed by atoms with Crippen LogP contribution in [0.1, 0.15) is 6.42 Å². The Hall–Kier alpha value is -1.10. The van der Waals surface area contributed by atoms with Gasteiger partial charge in [0.15, 0.2) is 0 Å². The molecule has 0 aliphatic carbocycles. The SMILES string of the molecule is O=C1NC(=O)[C@@H]2CNCC[C@H]2N1. The molecule has 3 N–H and O–H groups in total. The summed E-state index contributed by atoms with van der Waals surface area (Å²) >= 11 is 0. The molecule has 12 heavy (non-hydrogen) atoms. The van der Waals surface area contributed by atoms with E-state index in [1.165, 1.54) is 0 Å². The third-order valence-electron chi connectivity index (χ3n) is 2.37. The first kappa shape index (κ1) is 7.54. The van der Waals surface area contributed by atoms with Crippen LogP contribution < -0.4 is 16.0 Å². The second-order valence-electron chi connectivity index (χ2n) is 3.17. The summed E-state index contributed by atoms with van der Waals surface area (Å²) in [5.74, 6) is -0.243. The molecule has 0 aromatic rings. The van der Waals surface area contributed by atoms with Crippen LogP contribution in [0, 0.1) is 5.92 Å². The minimum absolute atomic E-state index is 0.0347. The lowest BCUT2D eigenvalue weighted by atomic mass is 9.91. The lowest BCUT2D eigenvalue weighted by Crippen LogP contribution is -2.62. The molecule has 0 spiro atoms. The first-order chi connectivity index (χ1) is 5.77. The van der Waals surface area contributed by atoms with Gasteiger partial charge in [-0.1, -0.05) is 0 Å². The number of carbonyl (C=O) groups excluding carboxylic acids is 2. The largest absolute Gasteiger partial charge is 0.334 e. The Morgan fingerprint density at radius 1 is 1.33 bits per heavy atom. The van der Waals surface area contributed by atoms with Gasteiger partial charge in [-0.05, 0) is 13.0 Å². The lowest BCUT2D eigenvalue weighted by Gasteiger charge is -2.35. The van der Waals surface area contributed by atoms with E-state index in [1.807, 2.05) is 0 Å². The van der Waals surface area contributed by atoms with Gasteiger partial charge in [-0.15, -0.1) is 0 Å². The van der Waals surface area contributed by atoms with Gasteiger partial charge in [-0.3, -0.25) is 10.1 Å². The molecule has 0 aromatic carbocycles. The maximum Gasteiger partial charge on any atom is 0.321 e. The molecule has 0 unspecified atom stereocenters. The van der Waals surface area contributed by atoms with Crippen molar-refractivity contribution in [1.29, 1.82) is 0 Å². The monoisotopic (exact) mass is 169 g/mol. The molecular formula is C7H11N3O2. The second-order valence-corrected chi connectivity index (χ2v) is 3.17. The van der Waals surface area contributed by atoms with Crippen molar-refractivity contribution >= 4 is 11.9 Å². The lowest BCUT2D eigenvalue weighted by molar-refractivity contribution is -0.126. The highest BCUT2D eigenvalue weighted by Crippen LogP contribution is 2.14. The summed E-state index contributed by atoms with van der Waals surface area (Å²) in [6.45, 7) is 1.53. The van der Waals surface area contributed by atoms with Gasteiger partial charge in [0.25, 0.3) is 0 Å². The molecule has 0 saturated carbocycles. The van der Waals surface area contributed by atoms with Crippen LogP contribution in [0.15, 0.2) is 0 Å². The van der Waals surface area contributed by atoms with Crippen LogP contribution in [0.3, 0.4) is 0 Å². The Bertz CT molecular complexity index is 229. The molecule has 0 radical (unpaired) electrons. The fourth-order valence-electron chi connectivity index (χ4n) is 1.72. The molecule has 2 aliphatic heterocycles. The van der Waals surface area contributed by atoms with E-state index in [1.54, 1.807) is 0 Å². The number of rotatable bonds is 0. The summed E-state index contributed by atoms with van der Waals surface area (Å²) in [7, 11) is 0. The van der Waals surface area contributed by atoms with Crippen LogP contribution >= 0.6 is 0 Å². The zero-order valence-electron chi connectivity index (χ0n) is 6.59. The van der Waals surface area contributed by atoms with Gasteiger partial charge in [-0.25, -0.2) is 4.79 Å². The zero-order chi connectivity index (χ0) is 8.55. The van der Waals surface area contributed by atoms with Gasteiger partial charge < -0.3 is 10.6 Å². The minimum Gasteiger partial charge on any atom is -0.334 e. The van der Waals surface area contributed by atoms with E-state index in [4.69, 9.17) is 0 Å². The fourth-order valence-corrected chi connectivity index (χ4v) is 1.72. The van der Waals surface area contributed by atoms with Gasteiger partial charge in [0.2, 0.25) is 5.91 Å². The fraction of sp³-hybridized carbons (Fsp3) is 0.714. The number of nitrogens with one attached hydrogen (secondary N) is 3. The predicted molar refractivity (Wildman–Crippen MR) is 41.4 cm³/mol. The highest BCUT2D eigenvalue weighted by Gasteiger charge is 2.36. The first-order valence-corrected chi connectivity index (χ1v) is 4.09. The second kappa shape index (κ2) is 2.75. The van der Waals surface area contributed by atoms with Crippen molar-refractivity contribution in [1.82, 2.24) is 16.0 Å². The molecule has 66 valence electrons. The summed E-state index contributed by atoms with van der Waals surface area (Å²) in [4.78, 5) is 22.1. The van der Waals surface area contributed by atoms with Crippen LogP contribution in [0.4, 0.5) is 4.79 Å². The van der Waals surface area contributed by atoms with E-state index in [0.717, 1.165) is 13.0 Å². The Kier molecular flexibility index (Phi) is 1.73. The Balaban J connectivity index is 2.11. The summed E-state index contributed by atoms with van der Waals surface area (Å²) in [6.07, 6.45) is 0.837. The van der Waals surface area contributed by atoms with E-state index in [-0.39, 0.29) is 23.9 Å². The Labute approximate surface area is 69.9 Å². The smallest absolute Gasteiger partial charge is 0.321 e. The Morgan fingerprint density at radius 2 is 2.17 bits per heavy atom. The van der Waals surface area contributed by atoms with Gasteiger partial charge >= 0.3 is 6.03 Å². The van der Waals surface area contributed by atoms with Crippen molar-refractivity contribution in [3.05, 3.63) is 0 Å². The molecule has 2 saturated heterocycles. The van der Waals surface area contributed by atoms with E-state index < -0.39 is 0 Å². The van der Waals surface area contributed by atoms with E-state index in [9.17, 15) is 9.59 Å². The number of amides is 3. The Morgan fingerprint density at radius 3 is 3.00 bits per heavy atom. The molecule has 5 heteroatoms. The third kappa shape index (κ3) is 1.16. The number of fused-ring (bicyclic) bond motifs is 1. The molecule has 2 atom stereocenters. The van der Waals surface area contributed by atoms with Crippen molar-refractivity contribution in [3.8, 4) is 0 Å². The van der Waals surface area contributed by atoms with Crippen molar-refractivity contribution in [2.45, 2.75) is 12.5 Å². The maximum absolute atomic E-state index is 11.2. The number of urea groups is 1. The van der Waals surface area contributed by atoms with Gasteiger partial charge in [0, 0.05) is 12.6 Å². The van der Waals surface area contributed by atoms with Crippen molar-refractivity contribution < 1.29 is 9.59 Å². The number of hydrogen-bond acceptors (Lipinski definition) is 3. The first-order valence-electron chi connectivity index (χ1n) is 4.09. The number of piperidine rings is 1. The van der Waals surface area contributed by atoms with Crippen LogP contribution in [0.25, 0.3) is 0 Å². The summed E-state index contributed by atoms with van der Waals surface area (Å²) < 4.78 is 0. The molecular weight excluding hydrogens is 158 g/mol. The average Bonchev–Trinajstić information content (AvgIpc) is 2.04. The van der Waals surface area contributed by atoms with Crippen molar-refractivity contribution in [2.24, 2.45) is 5.92 Å². The van der Waals surface area contributed by atoms with E-state index in [0.29, 0.717) is 6.54 Å².